The van der Waals surface area contributed by atoms with Gasteiger partial charge in [-0.2, -0.15) is 4.80 Å². The van der Waals surface area contributed by atoms with E-state index >= 15 is 0 Å². The maximum atomic E-state index is 11.7. The molecule has 2 aromatic heterocycles. The lowest BCUT2D eigenvalue weighted by atomic mass is 10.3. The first kappa shape index (κ1) is 16.4. The van der Waals surface area contributed by atoms with Gasteiger partial charge in [0.2, 0.25) is 11.6 Å². The van der Waals surface area contributed by atoms with E-state index in [9.17, 15) is 9.59 Å². The van der Waals surface area contributed by atoms with Crippen LogP contribution in [-0.4, -0.2) is 43.6 Å². The number of hydrogen-bond acceptors (Lipinski definition) is 7. The van der Waals surface area contributed by atoms with E-state index in [1.165, 1.54) is 0 Å². The lowest BCUT2D eigenvalue weighted by Crippen LogP contribution is -2.20. The van der Waals surface area contributed by atoms with E-state index in [-0.39, 0.29) is 25.5 Å². The Kier molecular flexibility index (Phi) is 5.15. The molecular formula is C16H15N5O4. The minimum atomic E-state index is -0.632. The number of carbonyl (C=O) groups excluding carboxylic acids is 2. The quantitative estimate of drug-likeness (QED) is 0.480. The molecule has 0 amide bonds. The van der Waals surface area contributed by atoms with Gasteiger partial charge in [0.15, 0.2) is 19.8 Å². The summed E-state index contributed by atoms with van der Waals surface area (Å²) in [6.45, 7) is -0.460. The number of carbonyl (C=O) groups is 2. The monoisotopic (exact) mass is 341 g/mol. The van der Waals surface area contributed by atoms with Gasteiger partial charge in [0.25, 0.3) is 0 Å². The molecule has 25 heavy (non-hydrogen) atoms. The van der Waals surface area contributed by atoms with Crippen LogP contribution in [0.1, 0.15) is 16.3 Å². The van der Waals surface area contributed by atoms with Crippen LogP contribution in [0.15, 0.2) is 48.7 Å². The zero-order chi connectivity index (χ0) is 17.5. The van der Waals surface area contributed by atoms with Crippen LogP contribution >= 0.6 is 0 Å². The van der Waals surface area contributed by atoms with Crippen molar-refractivity contribution in [1.82, 2.24) is 25.2 Å². The molecule has 0 atom stereocenters. The smallest absolute Gasteiger partial charge is 0.330 e. The van der Waals surface area contributed by atoms with Crippen molar-refractivity contribution >= 4 is 11.8 Å². The van der Waals surface area contributed by atoms with Gasteiger partial charge in [-0.3, -0.25) is 4.79 Å². The summed E-state index contributed by atoms with van der Waals surface area (Å²) in [6, 6.07) is 12.5. The molecule has 128 valence electrons. The molecule has 0 bridgehead atoms. The number of para-hydroxylation sites is 1. The molecule has 0 unspecified atom stereocenters. The van der Waals surface area contributed by atoms with Gasteiger partial charge in [0.05, 0.1) is 5.69 Å². The first-order chi connectivity index (χ1) is 12.2. The zero-order valence-corrected chi connectivity index (χ0v) is 13.2. The van der Waals surface area contributed by atoms with Gasteiger partial charge in [-0.1, -0.05) is 18.2 Å². The minimum absolute atomic E-state index is 0.129. The first-order valence-corrected chi connectivity index (χ1v) is 7.47. The van der Waals surface area contributed by atoms with Crippen LogP contribution in [-0.2, 0) is 22.7 Å². The maximum Gasteiger partial charge on any atom is 0.330 e. The molecule has 1 N–H and O–H groups in total. The number of aromatic nitrogens is 5. The molecule has 3 aromatic rings. The summed E-state index contributed by atoms with van der Waals surface area (Å²) < 4.78 is 10.4. The summed E-state index contributed by atoms with van der Waals surface area (Å²) in [7, 11) is 0. The van der Waals surface area contributed by atoms with Gasteiger partial charge in [-0.05, 0) is 29.5 Å². The molecule has 2 heterocycles. The van der Waals surface area contributed by atoms with E-state index in [1.807, 2.05) is 30.3 Å². The fraction of sp³-hybridized carbons (Fsp3) is 0.188. The average Bonchev–Trinajstić information content (AvgIpc) is 3.31. The number of hydrogen-bond donors (Lipinski definition) is 1. The number of rotatable bonds is 8. The van der Waals surface area contributed by atoms with E-state index in [0.717, 1.165) is 4.80 Å². The lowest BCUT2D eigenvalue weighted by molar-refractivity contribution is -0.143. The highest BCUT2D eigenvalue weighted by atomic mass is 16.5. The molecule has 0 aliphatic carbocycles. The number of tetrazole rings is 1. The summed E-state index contributed by atoms with van der Waals surface area (Å²) in [5.41, 5.74) is 0.382. The molecule has 0 aliphatic heterocycles. The number of Topliss-reactive ketones (excluding diaryl/α,β-unsaturated/α-hetero) is 1. The topological polar surface area (TPSA) is 112 Å². The van der Waals surface area contributed by atoms with E-state index in [0.29, 0.717) is 17.3 Å². The number of ether oxygens (including phenoxy) is 2. The van der Waals surface area contributed by atoms with E-state index in [2.05, 4.69) is 20.4 Å². The molecule has 0 saturated carbocycles. The van der Waals surface area contributed by atoms with Crippen LogP contribution in [0.4, 0.5) is 0 Å². The standard InChI is InChI=1S/C16H15N5O4/c22-14(13-7-4-8-17-13)10-25-16(23)9-21-19-15(18-20-21)11-24-12-5-2-1-3-6-12/h1-8,17H,9-11H2. The average molecular weight is 341 g/mol. The first-order valence-electron chi connectivity index (χ1n) is 7.47. The van der Waals surface area contributed by atoms with Crippen molar-refractivity contribution in [2.45, 2.75) is 13.2 Å². The molecule has 9 nitrogen and oxygen atoms in total. The van der Waals surface area contributed by atoms with Gasteiger partial charge in [0, 0.05) is 6.20 Å². The predicted molar refractivity (Wildman–Crippen MR) is 84.7 cm³/mol. The van der Waals surface area contributed by atoms with Crippen LogP contribution in [0.3, 0.4) is 0 Å². The summed E-state index contributed by atoms with van der Waals surface area (Å²) in [5.74, 6) is 0.0647. The van der Waals surface area contributed by atoms with Crippen molar-refractivity contribution in [2.75, 3.05) is 6.61 Å². The summed E-state index contributed by atoms with van der Waals surface area (Å²) in [4.78, 5) is 27.3. The Labute approximate surface area is 142 Å². The Hall–Kier alpha value is -3.49. The molecule has 1 aromatic carbocycles. The molecule has 0 spiro atoms. The highest BCUT2D eigenvalue weighted by Crippen LogP contribution is 2.09. The normalized spacial score (nSPS) is 10.4. The fourth-order valence-corrected chi connectivity index (χ4v) is 1.95. The van der Waals surface area contributed by atoms with Crippen molar-refractivity contribution < 1.29 is 19.1 Å². The Morgan fingerprint density at radius 2 is 1.96 bits per heavy atom. The maximum absolute atomic E-state index is 11.7. The minimum Gasteiger partial charge on any atom is -0.485 e. The third-order valence-electron chi connectivity index (χ3n) is 3.14. The Bertz CT molecular complexity index is 829. The van der Waals surface area contributed by atoms with Crippen molar-refractivity contribution in [2.24, 2.45) is 0 Å². The molecular weight excluding hydrogens is 326 g/mol. The third kappa shape index (κ3) is 4.74. The van der Waals surface area contributed by atoms with Gasteiger partial charge in [-0.15, -0.1) is 10.2 Å². The number of ketones is 1. The Morgan fingerprint density at radius 3 is 2.72 bits per heavy atom. The number of esters is 1. The molecule has 0 fully saturated rings. The van der Waals surface area contributed by atoms with Crippen LogP contribution in [0, 0.1) is 0 Å². The van der Waals surface area contributed by atoms with Crippen molar-refractivity contribution in [3.63, 3.8) is 0 Å². The second kappa shape index (κ2) is 7.86. The molecule has 0 aliphatic rings. The van der Waals surface area contributed by atoms with Gasteiger partial charge >= 0.3 is 5.97 Å². The summed E-state index contributed by atoms with van der Waals surface area (Å²) in [5, 5.41) is 11.6. The van der Waals surface area contributed by atoms with E-state index in [1.54, 1.807) is 18.3 Å². The van der Waals surface area contributed by atoms with Crippen LogP contribution in [0.25, 0.3) is 0 Å². The molecule has 0 radical (unpaired) electrons. The Morgan fingerprint density at radius 1 is 1.12 bits per heavy atom. The largest absolute Gasteiger partial charge is 0.485 e. The number of H-pyrrole nitrogens is 1. The van der Waals surface area contributed by atoms with Gasteiger partial charge in [0.1, 0.15) is 5.75 Å². The van der Waals surface area contributed by atoms with Crippen LogP contribution in [0.5, 0.6) is 5.75 Å². The van der Waals surface area contributed by atoms with Crippen molar-refractivity contribution in [3.8, 4) is 5.75 Å². The molecule has 9 heteroatoms. The van der Waals surface area contributed by atoms with Gasteiger partial charge < -0.3 is 14.5 Å². The second-order valence-electron chi connectivity index (χ2n) is 5.01. The number of aromatic amines is 1. The third-order valence-corrected chi connectivity index (χ3v) is 3.14. The van der Waals surface area contributed by atoms with E-state index in [4.69, 9.17) is 9.47 Å². The molecule has 3 rings (SSSR count). The number of benzene rings is 1. The molecule has 0 saturated heterocycles. The predicted octanol–water partition coefficient (Wildman–Crippen LogP) is 1.01. The van der Waals surface area contributed by atoms with Crippen LogP contribution in [0.2, 0.25) is 0 Å². The number of nitrogens with one attached hydrogen (secondary N) is 1. The lowest BCUT2D eigenvalue weighted by Gasteiger charge is -2.03. The fourth-order valence-electron chi connectivity index (χ4n) is 1.95. The Balaban J connectivity index is 1.44. The van der Waals surface area contributed by atoms with Crippen molar-refractivity contribution in [1.29, 1.82) is 0 Å². The van der Waals surface area contributed by atoms with Crippen molar-refractivity contribution in [3.05, 3.63) is 60.2 Å². The number of nitrogens with zero attached hydrogens (tertiary/aromatic N) is 4. The summed E-state index contributed by atoms with van der Waals surface area (Å²) in [6.07, 6.45) is 1.62. The second-order valence-corrected chi connectivity index (χ2v) is 5.01. The SMILES string of the molecule is O=C(Cn1nnc(COc2ccccc2)n1)OCC(=O)c1ccc[nH]1. The van der Waals surface area contributed by atoms with Gasteiger partial charge in [-0.25, -0.2) is 4.79 Å². The highest BCUT2D eigenvalue weighted by molar-refractivity contribution is 5.96. The zero-order valence-electron chi connectivity index (χ0n) is 13.2. The van der Waals surface area contributed by atoms with Crippen LogP contribution < -0.4 is 4.74 Å². The summed E-state index contributed by atoms with van der Waals surface area (Å²) >= 11 is 0. The van der Waals surface area contributed by atoms with E-state index < -0.39 is 5.97 Å². The highest BCUT2D eigenvalue weighted by Gasteiger charge is 2.13.